The number of rotatable bonds is 10. The normalized spacial score (nSPS) is 12.1. The molecule has 2 aromatic carbocycles. The predicted molar refractivity (Wildman–Crippen MR) is 130 cm³/mol. The van der Waals surface area contributed by atoms with Gasteiger partial charge in [0.1, 0.15) is 12.4 Å². The summed E-state index contributed by atoms with van der Waals surface area (Å²) in [4.78, 5) is 12.8. The molecule has 0 aliphatic heterocycles. The molecule has 7 heteroatoms. The Morgan fingerprint density at radius 2 is 1.84 bits per heavy atom. The van der Waals surface area contributed by atoms with Crippen LogP contribution in [0.15, 0.2) is 53.7 Å². The van der Waals surface area contributed by atoms with Gasteiger partial charge in [0.15, 0.2) is 11.0 Å². The highest BCUT2D eigenvalue weighted by Crippen LogP contribution is 2.26. The van der Waals surface area contributed by atoms with Crippen LogP contribution in [-0.2, 0) is 17.9 Å². The maximum absolute atomic E-state index is 12.8. The highest BCUT2D eigenvalue weighted by Gasteiger charge is 2.21. The molecule has 0 aliphatic carbocycles. The average molecular weight is 453 g/mol. The number of aromatic nitrogens is 3. The van der Waals surface area contributed by atoms with Gasteiger partial charge in [0, 0.05) is 12.2 Å². The highest BCUT2D eigenvalue weighted by atomic mass is 32.2. The number of aryl methyl sites for hydroxylation is 2. The summed E-state index contributed by atoms with van der Waals surface area (Å²) in [6.45, 7) is 11.4. The Bertz CT molecular complexity index is 1030. The van der Waals surface area contributed by atoms with E-state index in [0.29, 0.717) is 12.5 Å². The van der Waals surface area contributed by atoms with E-state index >= 15 is 0 Å². The summed E-state index contributed by atoms with van der Waals surface area (Å²) in [6, 6.07) is 15.7. The lowest BCUT2D eigenvalue weighted by molar-refractivity contribution is -0.115. The number of carbonyl (C=O) groups is 1. The zero-order chi connectivity index (χ0) is 23.1. The summed E-state index contributed by atoms with van der Waals surface area (Å²) in [7, 11) is 0. The molecule has 1 atom stereocenters. The maximum Gasteiger partial charge on any atom is 0.237 e. The maximum atomic E-state index is 12.8. The summed E-state index contributed by atoms with van der Waals surface area (Å²) in [5, 5.41) is 12.2. The van der Waals surface area contributed by atoms with Crippen LogP contribution >= 0.6 is 11.8 Å². The fourth-order valence-corrected chi connectivity index (χ4v) is 4.08. The third-order valence-electron chi connectivity index (χ3n) is 5.13. The van der Waals surface area contributed by atoms with Crippen LogP contribution in [0.1, 0.15) is 44.1 Å². The molecular weight excluding hydrogens is 420 g/mol. The number of para-hydroxylation sites is 1. The van der Waals surface area contributed by atoms with E-state index in [-0.39, 0.29) is 11.2 Å². The van der Waals surface area contributed by atoms with Crippen LogP contribution in [0.3, 0.4) is 0 Å². The molecule has 3 rings (SSSR count). The number of amides is 1. The van der Waals surface area contributed by atoms with Gasteiger partial charge in [-0.25, -0.2) is 0 Å². The van der Waals surface area contributed by atoms with Crippen LogP contribution in [0.5, 0.6) is 5.75 Å². The van der Waals surface area contributed by atoms with Crippen molar-refractivity contribution in [2.75, 3.05) is 5.32 Å². The van der Waals surface area contributed by atoms with Crippen molar-refractivity contribution in [3.63, 3.8) is 0 Å². The zero-order valence-electron chi connectivity index (χ0n) is 19.5. The molecule has 1 heterocycles. The minimum atomic E-state index is -0.319. The summed E-state index contributed by atoms with van der Waals surface area (Å²) in [5.74, 6) is 2.05. The number of hydrogen-bond donors (Lipinski definition) is 1. The molecule has 32 heavy (non-hydrogen) atoms. The number of hydrogen-bond acceptors (Lipinski definition) is 5. The Kier molecular flexibility index (Phi) is 8.33. The Labute approximate surface area is 194 Å². The minimum Gasteiger partial charge on any atom is -0.486 e. The quantitative estimate of drug-likeness (QED) is 0.403. The standard InChI is InChI=1S/C25H32N4O2S/c1-17(2)13-14-29-23(16-31-21-9-7-6-8-10-21)27-28-25(29)32-20(5)24(30)26-22-12-11-18(3)15-19(22)4/h6-12,15,17,20H,13-14,16H2,1-5H3,(H,26,30). The van der Waals surface area contributed by atoms with Gasteiger partial charge in [-0.15, -0.1) is 10.2 Å². The van der Waals surface area contributed by atoms with Crippen molar-refractivity contribution in [1.29, 1.82) is 0 Å². The molecule has 6 nitrogen and oxygen atoms in total. The average Bonchev–Trinajstić information content (AvgIpc) is 3.14. The van der Waals surface area contributed by atoms with Crippen LogP contribution in [-0.4, -0.2) is 25.9 Å². The van der Waals surface area contributed by atoms with Gasteiger partial charge in [-0.1, -0.05) is 61.5 Å². The van der Waals surface area contributed by atoms with Gasteiger partial charge >= 0.3 is 0 Å². The molecule has 0 radical (unpaired) electrons. The lowest BCUT2D eigenvalue weighted by atomic mass is 10.1. The third-order valence-corrected chi connectivity index (χ3v) is 6.21. The molecule has 0 bridgehead atoms. The van der Waals surface area contributed by atoms with Gasteiger partial charge in [0.25, 0.3) is 0 Å². The van der Waals surface area contributed by atoms with E-state index in [4.69, 9.17) is 4.74 Å². The molecule has 0 saturated heterocycles. The van der Waals surface area contributed by atoms with E-state index in [1.807, 2.05) is 63.2 Å². The number of ether oxygens (including phenoxy) is 1. The molecule has 0 aliphatic rings. The molecule has 1 amide bonds. The fraction of sp³-hybridized carbons (Fsp3) is 0.400. The Balaban J connectivity index is 1.70. The highest BCUT2D eigenvalue weighted by molar-refractivity contribution is 8.00. The van der Waals surface area contributed by atoms with Crippen LogP contribution in [0, 0.1) is 19.8 Å². The van der Waals surface area contributed by atoms with E-state index in [1.165, 1.54) is 17.3 Å². The number of anilines is 1. The molecule has 1 N–H and O–H groups in total. The number of thioether (sulfide) groups is 1. The van der Waals surface area contributed by atoms with Crippen molar-refractivity contribution in [3.05, 3.63) is 65.5 Å². The lowest BCUT2D eigenvalue weighted by Crippen LogP contribution is -2.23. The van der Waals surface area contributed by atoms with Crippen molar-refractivity contribution >= 4 is 23.4 Å². The second-order valence-electron chi connectivity index (χ2n) is 8.40. The van der Waals surface area contributed by atoms with E-state index in [1.54, 1.807) is 0 Å². The van der Waals surface area contributed by atoms with Crippen molar-refractivity contribution in [2.45, 2.75) is 64.6 Å². The van der Waals surface area contributed by atoms with Crippen LogP contribution in [0.25, 0.3) is 0 Å². The molecular formula is C25H32N4O2S. The Morgan fingerprint density at radius 3 is 2.53 bits per heavy atom. The van der Waals surface area contributed by atoms with Crippen molar-refractivity contribution in [2.24, 2.45) is 5.92 Å². The lowest BCUT2D eigenvalue weighted by Gasteiger charge is -2.16. The van der Waals surface area contributed by atoms with Gasteiger partial charge in [-0.05, 0) is 56.9 Å². The first-order valence-corrected chi connectivity index (χ1v) is 11.9. The van der Waals surface area contributed by atoms with E-state index in [2.05, 4.69) is 40.0 Å². The smallest absolute Gasteiger partial charge is 0.237 e. The van der Waals surface area contributed by atoms with E-state index in [9.17, 15) is 4.79 Å². The summed E-state index contributed by atoms with van der Waals surface area (Å²) < 4.78 is 7.97. The third kappa shape index (κ3) is 6.60. The topological polar surface area (TPSA) is 69.0 Å². The first kappa shape index (κ1) is 23.9. The SMILES string of the molecule is Cc1ccc(NC(=O)C(C)Sc2nnc(COc3ccccc3)n2CCC(C)C)c(C)c1. The van der Waals surface area contributed by atoms with Crippen molar-refractivity contribution < 1.29 is 9.53 Å². The second kappa shape index (κ2) is 11.2. The second-order valence-corrected chi connectivity index (χ2v) is 9.71. The van der Waals surface area contributed by atoms with Gasteiger partial charge in [-0.2, -0.15) is 0 Å². The summed E-state index contributed by atoms with van der Waals surface area (Å²) in [6.07, 6.45) is 0.993. The largest absolute Gasteiger partial charge is 0.486 e. The summed E-state index contributed by atoms with van der Waals surface area (Å²) in [5.41, 5.74) is 3.06. The van der Waals surface area contributed by atoms with E-state index in [0.717, 1.165) is 40.9 Å². The molecule has 1 aromatic heterocycles. The number of nitrogens with one attached hydrogen (secondary N) is 1. The number of carbonyl (C=O) groups excluding carboxylic acids is 1. The minimum absolute atomic E-state index is 0.0533. The zero-order valence-corrected chi connectivity index (χ0v) is 20.3. The van der Waals surface area contributed by atoms with Crippen molar-refractivity contribution in [1.82, 2.24) is 14.8 Å². The molecule has 0 saturated carbocycles. The first-order valence-electron chi connectivity index (χ1n) is 11.0. The molecule has 3 aromatic rings. The number of nitrogens with zero attached hydrogens (tertiary/aromatic N) is 3. The van der Waals surface area contributed by atoms with Crippen LogP contribution in [0.4, 0.5) is 5.69 Å². The van der Waals surface area contributed by atoms with E-state index < -0.39 is 0 Å². The predicted octanol–water partition coefficient (Wildman–Crippen LogP) is 5.64. The van der Waals surface area contributed by atoms with Gasteiger partial charge < -0.3 is 14.6 Å². The van der Waals surface area contributed by atoms with Gasteiger partial charge in [-0.3, -0.25) is 4.79 Å². The Morgan fingerprint density at radius 1 is 1.09 bits per heavy atom. The number of benzene rings is 2. The molecule has 170 valence electrons. The first-order chi connectivity index (χ1) is 15.3. The van der Waals surface area contributed by atoms with Crippen LogP contribution in [0.2, 0.25) is 0 Å². The van der Waals surface area contributed by atoms with Gasteiger partial charge in [0.2, 0.25) is 5.91 Å². The Hall–Kier alpha value is -2.80. The molecule has 0 spiro atoms. The monoisotopic (exact) mass is 452 g/mol. The summed E-state index contributed by atoms with van der Waals surface area (Å²) >= 11 is 1.42. The van der Waals surface area contributed by atoms with Crippen molar-refractivity contribution in [3.8, 4) is 5.75 Å². The fourth-order valence-electron chi connectivity index (χ4n) is 3.19. The van der Waals surface area contributed by atoms with Gasteiger partial charge in [0.05, 0.1) is 5.25 Å². The molecule has 0 fully saturated rings. The molecule has 1 unspecified atom stereocenters. The van der Waals surface area contributed by atoms with Crippen LogP contribution < -0.4 is 10.1 Å².